The molecular weight excluding hydrogens is 250 g/mol. The first-order valence-corrected chi connectivity index (χ1v) is 7.33. The van der Waals surface area contributed by atoms with Crippen LogP contribution in [0.25, 0.3) is 0 Å². The predicted octanol–water partition coefficient (Wildman–Crippen LogP) is 1.29. The molecule has 110 valence electrons. The molecule has 2 unspecified atom stereocenters. The number of rotatable bonds is 4. The maximum absolute atomic E-state index is 12.0. The maximum atomic E-state index is 12.0. The van der Waals surface area contributed by atoms with Crippen LogP contribution in [0.2, 0.25) is 0 Å². The third-order valence-electron chi connectivity index (χ3n) is 3.61. The van der Waals surface area contributed by atoms with E-state index in [1.807, 2.05) is 0 Å². The highest BCUT2D eigenvalue weighted by molar-refractivity contribution is 5.78. The van der Waals surface area contributed by atoms with Gasteiger partial charge in [0.25, 0.3) is 0 Å². The van der Waals surface area contributed by atoms with Crippen LogP contribution in [0.3, 0.4) is 0 Å². The van der Waals surface area contributed by atoms with E-state index in [2.05, 4.69) is 60.6 Å². The summed E-state index contributed by atoms with van der Waals surface area (Å²) < 4.78 is 0. The zero-order chi connectivity index (χ0) is 14.5. The first kappa shape index (κ1) is 15.0. The van der Waals surface area contributed by atoms with Crippen molar-refractivity contribution >= 4 is 5.91 Å². The minimum absolute atomic E-state index is 0.104. The summed E-state index contributed by atoms with van der Waals surface area (Å²) in [6.45, 7) is 9.35. The molecule has 0 radical (unpaired) electrons. The fourth-order valence-electron chi connectivity index (χ4n) is 2.73. The Labute approximate surface area is 121 Å². The van der Waals surface area contributed by atoms with E-state index >= 15 is 0 Å². The summed E-state index contributed by atoms with van der Waals surface area (Å²) in [7, 11) is 0. The normalized spacial score (nSPS) is 23.6. The summed E-state index contributed by atoms with van der Waals surface area (Å²) in [6, 6.07) is 9.16. The molecule has 0 aliphatic carbocycles. The van der Waals surface area contributed by atoms with E-state index < -0.39 is 0 Å². The van der Waals surface area contributed by atoms with Gasteiger partial charge in [0.15, 0.2) is 0 Å². The van der Waals surface area contributed by atoms with Gasteiger partial charge in [-0.3, -0.25) is 9.69 Å². The van der Waals surface area contributed by atoms with Crippen LogP contribution in [0.1, 0.15) is 25.0 Å². The summed E-state index contributed by atoms with van der Waals surface area (Å²) in [5, 5.41) is 6.47. The van der Waals surface area contributed by atoms with Gasteiger partial charge in [-0.1, -0.05) is 29.8 Å². The number of aryl methyl sites for hydroxylation is 1. The second-order valence-electron chi connectivity index (χ2n) is 5.93. The predicted molar refractivity (Wildman–Crippen MR) is 81.5 cm³/mol. The van der Waals surface area contributed by atoms with Gasteiger partial charge in [0.05, 0.1) is 6.54 Å². The zero-order valence-electron chi connectivity index (χ0n) is 12.6. The molecule has 1 aromatic rings. The summed E-state index contributed by atoms with van der Waals surface area (Å²) in [4.78, 5) is 14.2. The lowest BCUT2D eigenvalue weighted by molar-refractivity contribution is -0.122. The summed E-state index contributed by atoms with van der Waals surface area (Å²) >= 11 is 0. The Morgan fingerprint density at radius 1 is 1.25 bits per heavy atom. The maximum Gasteiger partial charge on any atom is 0.234 e. The molecule has 0 spiro atoms. The van der Waals surface area contributed by atoms with Gasteiger partial charge in [-0.05, 0) is 26.3 Å². The highest BCUT2D eigenvalue weighted by Crippen LogP contribution is 2.04. The molecule has 20 heavy (non-hydrogen) atoms. The first-order valence-electron chi connectivity index (χ1n) is 7.33. The minimum atomic E-state index is 0.104. The molecule has 1 amide bonds. The van der Waals surface area contributed by atoms with Crippen LogP contribution >= 0.6 is 0 Å². The number of nitrogens with zero attached hydrogens (tertiary/aromatic N) is 1. The molecule has 0 aromatic heterocycles. The van der Waals surface area contributed by atoms with Crippen molar-refractivity contribution in [2.75, 3.05) is 19.6 Å². The molecule has 1 aliphatic rings. The molecule has 2 N–H and O–H groups in total. The third-order valence-corrected chi connectivity index (χ3v) is 3.61. The molecule has 2 rings (SSSR count). The molecule has 0 saturated carbocycles. The monoisotopic (exact) mass is 275 g/mol. The van der Waals surface area contributed by atoms with Crippen LogP contribution in [0.5, 0.6) is 0 Å². The lowest BCUT2D eigenvalue weighted by atomic mass is 10.1. The molecule has 4 nitrogen and oxygen atoms in total. The Bertz CT molecular complexity index is 434. The number of nitrogens with one attached hydrogen (secondary N) is 2. The first-order chi connectivity index (χ1) is 9.52. The highest BCUT2D eigenvalue weighted by atomic mass is 16.2. The largest absolute Gasteiger partial charge is 0.351 e. The van der Waals surface area contributed by atoms with Crippen LogP contribution in [0.15, 0.2) is 24.3 Å². The van der Waals surface area contributed by atoms with E-state index in [4.69, 9.17) is 0 Å². The lowest BCUT2D eigenvalue weighted by Gasteiger charge is -2.35. The quantitative estimate of drug-likeness (QED) is 0.870. The Hall–Kier alpha value is -1.39. The molecule has 1 aliphatic heterocycles. The fraction of sp³-hybridized carbons (Fsp3) is 0.562. The van der Waals surface area contributed by atoms with Gasteiger partial charge in [-0.25, -0.2) is 0 Å². The van der Waals surface area contributed by atoms with Crippen LogP contribution in [0.4, 0.5) is 0 Å². The topological polar surface area (TPSA) is 44.4 Å². The summed E-state index contributed by atoms with van der Waals surface area (Å²) in [6.07, 6.45) is 0. The van der Waals surface area contributed by atoms with Crippen molar-refractivity contribution in [1.29, 1.82) is 0 Å². The van der Waals surface area contributed by atoms with E-state index in [0.717, 1.165) is 18.7 Å². The number of carbonyl (C=O) groups is 1. The molecule has 2 atom stereocenters. The average molecular weight is 275 g/mol. The van der Waals surface area contributed by atoms with Gasteiger partial charge in [0, 0.05) is 31.7 Å². The van der Waals surface area contributed by atoms with Crippen molar-refractivity contribution in [2.24, 2.45) is 0 Å². The summed E-state index contributed by atoms with van der Waals surface area (Å²) in [5.74, 6) is 0.104. The number of carbonyl (C=O) groups excluding carboxylic acids is 1. The fourth-order valence-corrected chi connectivity index (χ4v) is 2.73. The third kappa shape index (κ3) is 4.62. The second kappa shape index (κ2) is 6.86. The Kier molecular flexibility index (Phi) is 5.15. The van der Waals surface area contributed by atoms with Gasteiger partial charge < -0.3 is 10.6 Å². The lowest BCUT2D eigenvalue weighted by Crippen LogP contribution is -2.55. The number of hydrogen-bond donors (Lipinski definition) is 2. The van der Waals surface area contributed by atoms with Crippen molar-refractivity contribution in [2.45, 2.75) is 39.4 Å². The molecule has 1 saturated heterocycles. The van der Waals surface area contributed by atoms with Crippen molar-refractivity contribution in [3.63, 3.8) is 0 Å². The number of piperazine rings is 1. The van der Waals surface area contributed by atoms with Crippen LogP contribution < -0.4 is 10.6 Å². The van der Waals surface area contributed by atoms with Crippen molar-refractivity contribution in [1.82, 2.24) is 15.5 Å². The highest BCUT2D eigenvalue weighted by Gasteiger charge is 2.22. The van der Waals surface area contributed by atoms with Gasteiger partial charge >= 0.3 is 0 Å². The van der Waals surface area contributed by atoms with Crippen molar-refractivity contribution in [3.8, 4) is 0 Å². The number of hydrogen-bond acceptors (Lipinski definition) is 3. The number of amides is 1. The Morgan fingerprint density at radius 3 is 2.45 bits per heavy atom. The summed E-state index contributed by atoms with van der Waals surface area (Å²) in [5.41, 5.74) is 2.38. The van der Waals surface area contributed by atoms with Crippen molar-refractivity contribution in [3.05, 3.63) is 35.4 Å². The smallest absolute Gasteiger partial charge is 0.234 e. The molecule has 1 fully saturated rings. The standard InChI is InChI=1S/C16H25N3O/c1-12-4-6-15(7-5-12)8-17-16(20)11-19-9-13(2)18-14(3)10-19/h4-7,13-14,18H,8-11H2,1-3H3,(H,17,20). The minimum Gasteiger partial charge on any atom is -0.351 e. The Morgan fingerprint density at radius 2 is 1.85 bits per heavy atom. The van der Waals surface area contributed by atoms with Gasteiger partial charge in [0.1, 0.15) is 0 Å². The van der Waals surface area contributed by atoms with E-state index in [0.29, 0.717) is 25.2 Å². The van der Waals surface area contributed by atoms with Gasteiger partial charge in [-0.2, -0.15) is 0 Å². The van der Waals surface area contributed by atoms with Gasteiger partial charge in [-0.15, -0.1) is 0 Å². The van der Waals surface area contributed by atoms with Crippen molar-refractivity contribution < 1.29 is 4.79 Å². The molecule has 4 heteroatoms. The van der Waals surface area contributed by atoms with E-state index in [1.165, 1.54) is 5.56 Å². The van der Waals surface area contributed by atoms with E-state index in [1.54, 1.807) is 0 Å². The van der Waals surface area contributed by atoms with E-state index in [-0.39, 0.29) is 5.91 Å². The Balaban J connectivity index is 1.76. The second-order valence-corrected chi connectivity index (χ2v) is 5.93. The molecule has 0 bridgehead atoms. The van der Waals surface area contributed by atoms with Crippen LogP contribution in [-0.4, -0.2) is 42.5 Å². The van der Waals surface area contributed by atoms with E-state index in [9.17, 15) is 4.79 Å². The van der Waals surface area contributed by atoms with Crippen LogP contribution in [0, 0.1) is 6.92 Å². The zero-order valence-corrected chi connectivity index (χ0v) is 12.6. The average Bonchev–Trinajstić information content (AvgIpc) is 2.37. The number of benzene rings is 1. The molecule has 1 heterocycles. The van der Waals surface area contributed by atoms with Crippen LogP contribution in [-0.2, 0) is 11.3 Å². The molecule has 1 aromatic carbocycles. The SMILES string of the molecule is Cc1ccc(CNC(=O)CN2CC(C)NC(C)C2)cc1. The molecular formula is C16H25N3O. The van der Waals surface area contributed by atoms with Gasteiger partial charge in [0.2, 0.25) is 5.91 Å².